The predicted molar refractivity (Wildman–Crippen MR) is 88.9 cm³/mol. The first-order chi connectivity index (χ1) is 9.38. The Balaban J connectivity index is 0.000000507. The van der Waals surface area contributed by atoms with E-state index in [1.54, 1.807) is 5.19 Å². The van der Waals surface area contributed by atoms with E-state index in [-0.39, 0.29) is 25.9 Å². The van der Waals surface area contributed by atoms with Crippen molar-refractivity contribution < 1.29 is 17.1 Å². The van der Waals surface area contributed by atoms with Crippen LogP contribution in [0.3, 0.4) is 0 Å². The number of hydrogen-bond acceptors (Lipinski definition) is 0. The quantitative estimate of drug-likeness (QED) is 0.490. The smallest absolute Gasteiger partial charge is 0.214 e. The summed E-state index contributed by atoms with van der Waals surface area (Å²) in [5, 5.41) is 1.66. The monoisotopic (exact) mass is 327 g/mol. The zero-order chi connectivity index (χ0) is 13.8. The molecule has 1 radical (unpaired) electrons. The van der Waals surface area contributed by atoms with E-state index in [9.17, 15) is 0 Å². The van der Waals surface area contributed by atoms with Gasteiger partial charge in [0.05, 0.1) is 8.80 Å². The van der Waals surface area contributed by atoms with Crippen LogP contribution < -0.4 is 5.19 Å². The van der Waals surface area contributed by atoms with Gasteiger partial charge < -0.3 is 0 Å². The van der Waals surface area contributed by atoms with Crippen LogP contribution in [-0.2, 0) is 17.1 Å². The molecule has 2 heteroatoms. The minimum atomic E-state index is -0.204. The third kappa shape index (κ3) is 8.58. The predicted octanol–water partition coefficient (Wildman–Crippen LogP) is 5.11. The summed E-state index contributed by atoms with van der Waals surface area (Å²) in [7, 11) is -0.204. The summed E-state index contributed by atoms with van der Waals surface area (Å²) < 4.78 is 0. The van der Waals surface area contributed by atoms with Crippen molar-refractivity contribution in [1.82, 2.24) is 0 Å². The van der Waals surface area contributed by atoms with E-state index in [1.807, 2.05) is 30.3 Å². The molecular weight excluding hydrogens is 300 g/mol. The number of rotatable bonds is 7. The van der Waals surface area contributed by atoms with Gasteiger partial charge in [-0.1, -0.05) is 51.6 Å². The topological polar surface area (TPSA) is 0 Å². The molecule has 0 nitrogen and oxygen atoms in total. The maximum atomic E-state index is 2.33. The van der Waals surface area contributed by atoms with Crippen LogP contribution in [0.1, 0.15) is 39.5 Å². The zero-order valence-corrected chi connectivity index (χ0v) is 14.9. The normalized spacial score (nSPS) is 9.75. The van der Waals surface area contributed by atoms with Crippen LogP contribution in [0.4, 0.5) is 0 Å². The summed E-state index contributed by atoms with van der Waals surface area (Å²) in [6, 6.07) is 22.0. The third-order valence-electron chi connectivity index (χ3n) is 3.29. The molecule has 2 rings (SSSR count). The second-order valence-electron chi connectivity index (χ2n) is 4.95. The van der Waals surface area contributed by atoms with E-state index in [0.717, 1.165) is 0 Å². The maximum Gasteiger partial charge on any atom is 2.00 e. The first-order valence-corrected chi connectivity index (χ1v) is 9.53. The largest absolute Gasteiger partial charge is 2.00 e. The molecule has 111 valence electrons. The molecule has 0 bridgehead atoms. The van der Waals surface area contributed by atoms with Crippen molar-refractivity contribution in [2.45, 2.75) is 51.6 Å². The van der Waals surface area contributed by atoms with Gasteiger partial charge in [0.15, 0.2) is 0 Å². The van der Waals surface area contributed by atoms with Gasteiger partial charge in [-0.15, -0.1) is 0 Å². The molecule has 0 atom stereocenters. The molecule has 0 aliphatic rings. The molecule has 0 saturated heterocycles. The van der Waals surface area contributed by atoms with Gasteiger partial charge in [-0.05, 0) is 0 Å². The van der Waals surface area contributed by atoms with E-state index < -0.39 is 0 Å². The fraction of sp³-hybridized carbons (Fsp3) is 0.444. The Bertz CT molecular complexity index is 339. The van der Waals surface area contributed by atoms with Crippen molar-refractivity contribution in [3.8, 4) is 0 Å². The Kier molecular flexibility index (Phi) is 13.0. The van der Waals surface area contributed by atoms with Gasteiger partial charge in [0.1, 0.15) is 0 Å². The molecule has 0 amide bonds. The molecular formula is C18H27FeSi. The molecule has 2 aromatic rings. The van der Waals surface area contributed by atoms with E-state index in [2.05, 4.69) is 38.1 Å². The van der Waals surface area contributed by atoms with Crippen molar-refractivity contribution in [2.24, 2.45) is 0 Å². The van der Waals surface area contributed by atoms with Gasteiger partial charge in [-0.3, -0.25) is 0 Å². The fourth-order valence-corrected chi connectivity index (χ4v) is 5.18. The van der Waals surface area contributed by atoms with Crippen molar-refractivity contribution in [3.05, 3.63) is 54.6 Å². The molecule has 0 aliphatic heterocycles. The van der Waals surface area contributed by atoms with Crippen molar-refractivity contribution in [3.63, 3.8) is 0 Å². The van der Waals surface area contributed by atoms with Crippen LogP contribution in [0, 0.1) is 0 Å². The fourth-order valence-electron chi connectivity index (χ4n) is 2.12. The Hall–Kier alpha value is -0.564. The Labute approximate surface area is 137 Å². The Morgan fingerprint density at radius 3 is 1.85 bits per heavy atom. The van der Waals surface area contributed by atoms with Crippen LogP contribution >= 0.6 is 0 Å². The molecule has 2 aromatic carbocycles. The van der Waals surface area contributed by atoms with Crippen LogP contribution in [0.2, 0.25) is 12.1 Å². The Morgan fingerprint density at radius 1 is 0.900 bits per heavy atom. The maximum absolute atomic E-state index is 2.33. The molecule has 0 unspecified atom stereocenters. The second-order valence-corrected chi connectivity index (χ2v) is 7.73. The van der Waals surface area contributed by atoms with Crippen LogP contribution in [0.5, 0.6) is 0 Å². The summed E-state index contributed by atoms with van der Waals surface area (Å²) in [6.45, 7) is 4.59. The average molecular weight is 327 g/mol. The van der Waals surface area contributed by atoms with E-state index >= 15 is 0 Å². The van der Waals surface area contributed by atoms with Gasteiger partial charge in [0.2, 0.25) is 0 Å². The molecule has 0 aliphatic carbocycles. The van der Waals surface area contributed by atoms with E-state index in [4.69, 9.17) is 0 Å². The minimum absolute atomic E-state index is 0. The molecule has 20 heavy (non-hydrogen) atoms. The number of unbranched alkanes of at least 4 members (excludes halogenated alkanes) is 2. The summed E-state index contributed by atoms with van der Waals surface area (Å²) in [5.74, 6) is 0. The average Bonchev–Trinajstić information content (AvgIpc) is 3.14. The van der Waals surface area contributed by atoms with Gasteiger partial charge in [0, 0.05) is 0 Å². The summed E-state index contributed by atoms with van der Waals surface area (Å²) >= 11 is 0. The summed E-state index contributed by atoms with van der Waals surface area (Å²) in [4.78, 5) is 0. The van der Waals surface area contributed by atoms with Crippen LogP contribution in [-0.4, -0.2) is 8.80 Å². The van der Waals surface area contributed by atoms with Gasteiger partial charge in [-0.2, -0.15) is 35.5 Å². The molecule has 0 spiro atoms. The molecule has 0 heterocycles. The Morgan fingerprint density at radius 2 is 1.50 bits per heavy atom. The van der Waals surface area contributed by atoms with Crippen LogP contribution in [0.25, 0.3) is 0 Å². The van der Waals surface area contributed by atoms with Gasteiger partial charge in [0.25, 0.3) is 0 Å². The van der Waals surface area contributed by atoms with Crippen molar-refractivity contribution in [2.75, 3.05) is 0 Å². The van der Waals surface area contributed by atoms with Gasteiger partial charge >= 0.3 is 17.1 Å². The SMILES string of the molecule is CCCC[Si](CCCC)c1ccc[cH-]1.[Fe+2].c1cc[cH-]c1. The first-order valence-electron chi connectivity index (χ1n) is 7.62. The third-order valence-corrected chi connectivity index (χ3v) is 6.35. The summed E-state index contributed by atoms with van der Waals surface area (Å²) in [6.07, 6.45) is 5.54. The summed E-state index contributed by atoms with van der Waals surface area (Å²) in [5.41, 5.74) is 0. The minimum Gasteiger partial charge on any atom is -0.214 e. The zero-order valence-electron chi connectivity index (χ0n) is 12.8. The van der Waals surface area contributed by atoms with Gasteiger partial charge in [-0.25, -0.2) is 24.3 Å². The van der Waals surface area contributed by atoms with E-state index in [0.29, 0.717) is 0 Å². The van der Waals surface area contributed by atoms with Crippen molar-refractivity contribution >= 4 is 14.0 Å². The molecule has 0 saturated carbocycles. The first kappa shape index (κ1) is 19.4. The van der Waals surface area contributed by atoms with Crippen molar-refractivity contribution in [1.29, 1.82) is 0 Å². The molecule has 0 fully saturated rings. The second kappa shape index (κ2) is 13.4. The molecule has 0 aromatic heterocycles. The van der Waals surface area contributed by atoms with E-state index in [1.165, 1.54) is 37.8 Å². The molecule has 0 N–H and O–H groups in total. The standard InChI is InChI=1S/C13H22Si.C5H5.Fe/c1-3-5-11-14(12-6-4-2)13-9-7-8-10-13;1-2-4-5-3-1;/h7-10H,3-6,11-12H2,1-2H3;1-5H;/q2*-1;+2. The number of hydrogen-bond donors (Lipinski definition) is 0. The van der Waals surface area contributed by atoms with Crippen LogP contribution in [0.15, 0.2) is 54.6 Å².